The highest BCUT2D eigenvalue weighted by Gasteiger charge is 2.22. The summed E-state index contributed by atoms with van der Waals surface area (Å²) in [6, 6.07) is 6.57. The van der Waals surface area contributed by atoms with Gasteiger partial charge in [-0.05, 0) is 50.8 Å². The zero-order chi connectivity index (χ0) is 19.7. The van der Waals surface area contributed by atoms with Gasteiger partial charge < -0.3 is 4.74 Å². The number of hydrogen-bond donors (Lipinski definition) is 1. The molecular formula is C21H24N4O2S. The number of nitrogens with one attached hydrogen (secondary N) is 1. The van der Waals surface area contributed by atoms with Crippen molar-refractivity contribution in [3.05, 3.63) is 52.2 Å². The van der Waals surface area contributed by atoms with E-state index in [0.717, 1.165) is 43.0 Å². The van der Waals surface area contributed by atoms with Crippen molar-refractivity contribution >= 4 is 22.4 Å². The summed E-state index contributed by atoms with van der Waals surface area (Å²) in [6.07, 6.45) is 3.50. The lowest BCUT2D eigenvalue weighted by molar-refractivity contribution is 0.0656. The fourth-order valence-corrected chi connectivity index (χ4v) is 4.19. The fourth-order valence-electron chi connectivity index (χ4n) is 3.47. The molecule has 0 saturated carbocycles. The second kappa shape index (κ2) is 7.85. The second-order valence-corrected chi connectivity index (χ2v) is 8.08. The predicted octanol–water partition coefficient (Wildman–Crippen LogP) is 4.54. The molecule has 6 nitrogen and oxygen atoms in total. The predicted molar refractivity (Wildman–Crippen MR) is 111 cm³/mol. The normalized spacial score (nSPS) is 15.0. The molecule has 2 aromatic heterocycles. The first-order valence-electron chi connectivity index (χ1n) is 9.49. The van der Waals surface area contributed by atoms with Gasteiger partial charge in [-0.25, -0.2) is 4.98 Å². The van der Waals surface area contributed by atoms with Gasteiger partial charge in [-0.1, -0.05) is 12.1 Å². The van der Waals surface area contributed by atoms with E-state index in [-0.39, 0.29) is 5.91 Å². The molecule has 1 saturated heterocycles. The zero-order valence-electron chi connectivity index (χ0n) is 16.4. The van der Waals surface area contributed by atoms with E-state index in [1.165, 1.54) is 22.5 Å². The van der Waals surface area contributed by atoms with Gasteiger partial charge in [-0.2, -0.15) is 5.10 Å². The maximum absolute atomic E-state index is 12.8. The monoisotopic (exact) mass is 396 g/mol. The van der Waals surface area contributed by atoms with Crippen molar-refractivity contribution in [3.8, 4) is 11.3 Å². The van der Waals surface area contributed by atoms with Crippen LogP contribution in [-0.2, 0) is 4.74 Å². The number of ether oxygens (including phenoxy) is 1. The molecule has 1 fully saturated rings. The number of amides is 1. The van der Waals surface area contributed by atoms with Crippen molar-refractivity contribution in [1.29, 1.82) is 0 Å². The van der Waals surface area contributed by atoms with Crippen LogP contribution >= 0.6 is 11.3 Å². The van der Waals surface area contributed by atoms with E-state index in [9.17, 15) is 4.79 Å². The molecular weight excluding hydrogens is 372 g/mol. The van der Waals surface area contributed by atoms with E-state index in [1.54, 1.807) is 6.20 Å². The molecule has 7 heteroatoms. The molecule has 0 unspecified atom stereocenters. The first-order chi connectivity index (χ1) is 13.5. The number of benzene rings is 1. The average molecular weight is 397 g/mol. The molecule has 0 aliphatic carbocycles. The lowest BCUT2D eigenvalue weighted by Gasteiger charge is -2.23. The van der Waals surface area contributed by atoms with Crippen LogP contribution in [0.25, 0.3) is 11.3 Å². The third-order valence-electron chi connectivity index (χ3n) is 5.35. The van der Waals surface area contributed by atoms with Gasteiger partial charge in [-0.3, -0.25) is 14.8 Å². The van der Waals surface area contributed by atoms with Crippen molar-refractivity contribution < 1.29 is 9.53 Å². The number of aryl methyl sites for hydroxylation is 2. The minimum Gasteiger partial charge on any atom is -0.381 e. The van der Waals surface area contributed by atoms with Crippen LogP contribution in [0.15, 0.2) is 29.8 Å². The number of carbonyl (C=O) groups excluding carboxylic acids is 1. The Morgan fingerprint density at radius 1 is 1.21 bits per heavy atom. The van der Waals surface area contributed by atoms with E-state index < -0.39 is 0 Å². The van der Waals surface area contributed by atoms with Crippen LogP contribution < -0.4 is 5.32 Å². The summed E-state index contributed by atoms with van der Waals surface area (Å²) in [5.41, 5.74) is 5.89. The maximum Gasteiger partial charge on any atom is 0.260 e. The summed E-state index contributed by atoms with van der Waals surface area (Å²) >= 11 is 1.43. The van der Waals surface area contributed by atoms with E-state index in [1.807, 2.05) is 17.0 Å². The lowest BCUT2D eigenvalue weighted by Crippen LogP contribution is -2.22. The van der Waals surface area contributed by atoms with E-state index in [4.69, 9.17) is 4.74 Å². The first kappa shape index (κ1) is 18.8. The van der Waals surface area contributed by atoms with E-state index in [0.29, 0.717) is 16.7 Å². The molecule has 0 bridgehead atoms. The topological polar surface area (TPSA) is 69.0 Å². The Hall–Kier alpha value is -2.51. The number of carbonyl (C=O) groups is 1. The van der Waals surface area contributed by atoms with Crippen LogP contribution in [-0.4, -0.2) is 33.9 Å². The molecule has 1 amide bonds. The summed E-state index contributed by atoms with van der Waals surface area (Å²) in [7, 11) is 0. The largest absolute Gasteiger partial charge is 0.381 e. The number of nitrogens with zero attached hydrogens (tertiary/aromatic N) is 3. The molecule has 4 rings (SSSR count). The van der Waals surface area contributed by atoms with Gasteiger partial charge in [0.1, 0.15) is 0 Å². The van der Waals surface area contributed by atoms with Crippen LogP contribution in [0.2, 0.25) is 0 Å². The Bertz CT molecular complexity index is 1000. The highest BCUT2D eigenvalue weighted by molar-refractivity contribution is 7.14. The quantitative estimate of drug-likeness (QED) is 0.703. The molecule has 1 N–H and O–H groups in total. The first-order valence-corrected chi connectivity index (χ1v) is 10.4. The summed E-state index contributed by atoms with van der Waals surface area (Å²) in [5, 5.41) is 9.94. The van der Waals surface area contributed by atoms with Gasteiger partial charge in [0.25, 0.3) is 5.91 Å². The van der Waals surface area contributed by atoms with Gasteiger partial charge in [0.15, 0.2) is 5.13 Å². The van der Waals surface area contributed by atoms with Crippen molar-refractivity contribution in [2.45, 2.75) is 39.7 Å². The third-order valence-corrected chi connectivity index (χ3v) is 6.11. The highest BCUT2D eigenvalue weighted by atomic mass is 32.1. The molecule has 146 valence electrons. The van der Waals surface area contributed by atoms with Gasteiger partial charge in [0.2, 0.25) is 0 Å². The summed E-state index contributed by atoms with van der Waals surface area (Å²) in [5.74, 6) is -0.170. The Kier molecular flexibility index (Phi) is 5.28. The molecule has 0 spiro atoms. The van der Waals surface area contributed by atoms with E-state index in [2.05, 4.69) is 47.4 Å². The fraction of sp³-hybridized carbons (Fsp3) is 0.381. The van der Waals surface area contributed by atoms with Crippen molar-refractivity contribution in [2.24, 2.45) is 0 Å². The van der Waals surface area contributed by atoms with Crippen LogP contribution in [0, 0.1) is 20.8 Å². The van der Waals surface area contributed by atoms with Gasteiger partial charge in [0, 0.05) is 29.9 Å². The molecule has 0 radical (unpaired) electrons. The average Bonchev–Trinajstić information content (AvgIpc) is 3.31. The second-order valence-electron chi connectivity index (χ2n) is 7.22. The molecule has 3 heterocycles. The van der Waals surface area contributed by atoms with Gasteiger partial charge >= 0.3 is 0 Å². The molecule has 3 aromatic rings. The highest BCUT2D eigenvalue weighted by Crippen LogP contribution is 2.28. The maximum atomic E-state index is 12.8. The summed E-state index contributed by atoms with van der Waals surface area (Å²) in [4.78, 5) is 17.3. The van der Waals surface area contributed by atoms with E-state index >= 15 is 0 Å². The van der Waals surface area contributed by atoms with Gasteiger partial charge in [-0.15, -0.1) is 11.3 Å². The minimum absolute atomic E-state index is 0.170. The van der Waals surface area contributed by atoms with Gasteiger partial charge in [0.05, 0.1) is 23.5 Å². The van der Waals surface area contributed by atoms with Crippen molar-refractivity contribution in [1.82, 2.24) is 14.8 Å². The summed E-state index contributed by atoms with van der Waals surface area (Å²) in [6.45, 7) is 7.61. The van der Waals surface area contributed by atoms with Crippen molar-refractivity contribution in [3.63, 3.8) is 0 Å². The molecule has 28 heavy (non-hydrogen) atoms. The lowest BCUT2D eigenvalue weighted by atomic mass is 10.1. The van der Waals surface area contributed by atoms with Crippen LogP contribution in [0.3, 0.4) is 0 Å². The Labute approximate surface area is 168 Å². The Balaban J connectivity index is 1.49. The van der Waals surface area contributed by atoms with Crippen LogP contribution in [0.1, 0.15) is 46.1 Å². The smallest absolute Gasteiger partial charge is 0.260 e. The molecule has 1 aliphatic heterocycles. The number of rotatable bonds is 4. The standard InChI is InChI=1S/C21H24N4O2S/c1-13-4-5-16(10-14(13)2)19-12-28-21(23-19)24-20(26)18-11-22-25(15(18)3)17-6-8-27-9-7-17/h4-5,10-12,17H,6-9H2,1-3H3,(H,23,24,26). The number of thiazole rings is 1. The number of hydrogen-bond acceptors (Lipinski definition) is 5. The SMILES string of the molecule is Cc1ccc(-c2csc(NC(=O)c3cnn(C4CCOCC4)c3C)n2)cc1C. The third kappa shape index (κ3) is 3.72. The molecule has 0 atom stereocenters. The van der Waals surface area contributed by atoms with Crippen LogP contribution in [0.4, 0.5) is 5.13 Å². The Morgan fingerprint density at radius 3 is 2.75 bits per heavy atom. The summed E-state index contributed by atoms with van der Waals surface area (Å²) < 4.78 is 7.38. The number of anilines is 1. The van der Waals surface area contributed by atoms with Crippen molar-refractivity contribution in [2.75, 3.05) is 18.5 Å². The minimum atomic E-state index is -0.170. The zero-order valence-corrected chi connectivity index (χ0v) is 17.2. The molecule has 1 aliphatic rings. The Morgan fingerprint density at radius 2 is 2.00 bits per heavy atom. The molecule has 1 aromatic carbocycles. The number of aromatic nitrogens is 3. The van der Waals surface area contributed by atoms with Crippen LogP contribution in [0.5, 0.6) is 0 Å².